The van der Waals surface area contributed by atoms with E-state index in [4.69, 9.17) is 5.73 Å². The Hall–Kier alpha value is -1.36. The third-order valence-corrected chi connectivity index (χ3v) is 4.73. The molecule has 104 valence electrons. The highest BCUT2D eigenvalue weighted by atomic mass is 32.2. The van der Waals surface area contributed by atoms with Gasteiger partial charge in [0.15, 0.2) is 0 Å². The first-order valence-electron chi connectivity index (χ1n) is 6.53. The smallest absolute Gasteiger partial charge is 0.337 e. The summed E-state index contributed by atoms with van der Waals surface area (Å²) >= 11 is 1.89. The van der Waals surface area contributed by atoms with E-state index in [1.54, 1.807) is 18.2 Å². The minimum Gasteiger partial charge on any atom is -0.478 e. The second-order valence-electron chi connectivity index (χ2n) is 4.94. The molecular weight excluding hydrogens is 260 g/mol. The number of aromatic carboxylic acids is 1. The molecule has 1 aliphatic rings. The van der Waals surface area contributed by atoms with Crippen LogP contribution in [0.3, 0.4) is 0 Å². The molecule has 0 bridgehead atoms. The van der Waals surface area contributed by atoms with Gasteiger partial charge in [-0.2, -0.15) is 11.8 Å². The number of para-hydroxylation sites is 1. The monoisotopic (exact) mass is 280 g/mol. The summed E-state index contributed by atoms with van der Waals surface area (Å²) in [5.41, 5.74) is 7.25. The Morgan fingerprint density at radius 2 is 2.26 bits per heavy atom. The van der Waals surface area contributed by atoms with Crippen molar-refractivity contribution in [2.45, 2.75) is 37.0 Å². The van der Waals surface area contributed by atoms with Crippen molar-refractivity contribution < 1.29 is 9.90 Å². The average Bonchev–Trinajstić information content (AvgIpc) is 2.41. The Labute approximate surface area is 117 Å². The SMILES string of the molecule is CSC1CCCC(Nc2c(N)cccc2C(=O)O)C1. The molecule has 1 aromatic rings. The van der Waals surface area contributed by atoms with Crippen molar-refractivity contribution in [2.24, 2.45) is 0 Å². The van der Waals surface area contributed by atoms with Crippen molar-refractivity contribution in [3.8, 4) is 0 Å². The van der Waals surface area contributed by atoms with Crippen LogP contribution in [-0.4, -0.2) is 28.6 Å². The van der Waals surface area contributed by atoms with Gasteiger partial charge < -0.3 is 16.2 Å². The molecule has 0 heterocycles. The second-order valence-corrected chi connectivity index (χ2v) is 6.08. The van der Waals surface area contributed by atoms with Crippen molar-refractivity contribution in [1.29, 1.82) is 0 Å². The zero-order chi connectivity index (χ0) is 13.8. The van der Waals surface area contributed by atoms with Gasteiger partial charge in [0, 0.05) is 11.3 Å². The standard InChI is InChI=1S/C14H20N2O2S/c1-19-10-5-2-4-9(8-10)16-13-11(14(17)18)6-3-7-12(13)15/h3,6-7,9-10,16H,2,4-5,8,15H2,1H3,(H,17,18). The van der Waals surface area contributed by atoms with Gasteiger partial charge in [-0.05, 0) is 37.7 Å². The lowest BCUT2D eigenvalue weighted by Crippen LogP contribution is -2.29. The number of carboxylic acids is 1. The molecule has 0 saturated heterocycles. The largest absolute Gasteiger partial charge is 0.478 e. The lowest BCUT2D eigenvalue weighted by Gasteiger charge is -2.30. The molecule has 4 N–H and O–H groups in total. The third-order valence-electron chi connectivity index (χ3n) is 3.63. The van der Waals surface area contributed by atoms with Gasteiger partial charge in [0.1, 0.15) is 0 Å². The zero-order valence-electron chi connectivity index (χ0n) is 11.1. The van der Waals surface area contributed by atoms with Crippen LogP contribution in [0.1, 0.15) is 36.0 Å². The molecule has 5 heteroatoms. The predicted octanol–water partition coefficient (Wildman–Crippen LogP) is 3.05. The second kappa shape index (κ2) is 6.19. The highest BCUT2D eigenvalue weighted by molar-refractivity contribution is 7.99. The number of rotatable bonds is 4. The third kappa shape index (κ3) is 3.35. The van der Waals surface area contributed by atoms with Crippen LogP contribution in [0, 0.1) is 0 Å². The van der Waals surface area contributed by atoms with Crippen LogP contribution in [0.15, 0.2) is 18.2 Å². The van der Waals surface area contributed by atoms with Crippen molar-refractivity contribution in [2.75, 3.05) is 17.3 Å². The Balaban J connectivity index is 2.16. The van der Waals surface area contributed by atoms with Gasteiger partial charge in [-0.15, -0.1) is 0 Å². The normalized spacial score (nSPS) is 23.0. The molecule has 19 heavy (non-hydrogen) atoms. The molecule has 0 radical (unpaired) electrons. The van der Waals surface area contributed by atoms with Crippen molar-refractivity contribution in [3.63, 3.8) is 0 Å². The number of nitrogens with one attached hydrogen (secondary N) is 1. The fourth-order valence-corrected chi connectivity index (χ4v) is 3.43. The van der Waals surface area contributed by atoms with Crippen molar-refractivity contribution in [3.05, 3.63) is 23.8 Å². The van der Waals surface area contributed by atoms with Gasteiger partial charge in [-0.3, -0.25) is 0 Å². The Bertz CT molecular complexity index is 465. The fourth-order valence-electron chi connectivity index (χ4n) is 2.60. The summed E-state index contributed by atoms with van der Waals surface area (Å²) in [6, 6.07) is 5.32. The minimum absolute atomic E-state index is 0.256. The van der Waals surface area contributed by atoms with Gasteiger partial charge in [-0.25, -0.2) is 4.79 Å². The number of hydrogen-bond donors (Lipinski definition) is 3. The van der Waals surface area contributed by atoms with E-state index in [0.29, 0.717) is 22.7 Å². The van der Waals surface area contributed by atoms with Gasteiger partial charge in [0.2, 0.25) is 0 Å². The van der Waals surface area contributed by atoms with Crippen LogP contribution in [0.5, 0.6) is 0 Å². The van der Waals surface area contributed by atoms with E-state index in [1.807, 2.05) is 11.8 Å². The molecule has 1 aromatic carbocycles. The maximum atomic E-state index is 11.2. The maximum absolute atomic E-state index is 11.2. The van der Waals surface area contributed by atoms with Crippen LogP contribution >= 0.6 is 11.8 Å². The van der Waals surface area contributed by atoms with Crippen LogP contribution < -0.4 is 11.1 Å². The summed E-state index contributed by atoms with van der Waals surface area (Å²) in [4.78, 5) is 11.2. The van der Waals surface area contributed by atoms with E-state index in [2.05, 4.69) is 11.6 Å². The Kier molecular flexibility index (Phi) is 4.58. The van der Waals surface area contributed by atoms with E-state index in [9.17, 15) is 9.90 Å². The number of hydrogen-bond acceptors (Lipinski definition) is 4. The summed E-state index contributed by atoms with van der Waals surface area (Å²) in [5, 5.41) is 13.2. The van der Waals surface area contributed by atoms with Gasteiger partial charge in [0.25, 0.3) is 0 Å². The lowest BCUT2D eigenvalue weighted by molar-refractivity contribution is 0.0698. The molecule has 1 aliphatic carbocycles. The molecular formula is C14H20N2O2S. The number of nitrogens with two attached hydrogens (primary N) is 1. The molecule has 4 nitrogen and oxygen atoms in total. The topological polar surface area (TPSA) is 75.3 Å². The summed E-state index contributed by atoms with van der Waals surface area (Å²) < 4.78 is 0. The number of thioether (sulfide) groups is 1. The highest BCUT2D eigenvalue weighted by Crippen LogP contribution is 2.31. The van der Waals surface area contributed by atoms with E-state index < -0.39 is 5.97 Å². The van der Waals surface area contributed by atoms with Gasteiger partial charge in [-0.1, -0.05) is 12.5 Å². The van der Waals surface area contributed by atoms with E-state index >= 15 is 0 Å². The number of carbonyl (C=O) groups is 1. The molecule has 2 rings (SSSR count). The molecule has 2 atom stereocenters. The molecule has 2 unspecified atom stereocenters. The maximum Gasteiger partial charge on any atom is 0.337 e. The van der Waals surface area contributed by atoms with Gasteiger partial charge in [0.05, 0.1) is 16.9 Å². The number of nitrogen functional groups attached to an aromatic ring is 1. The summed E-state index contributed by atoms with van der Waals surface area (Å²) in [6.45, 7) is 0. The highest BCUT2D eigenvalue weighted by Gasteiger charge is 2.23. The van der Waals surface area contributed by atoms with Gasteiger partial charge >= 0.3 is 5.97 Å². The van der Waals surface area contributed by atoms with Crippen LogP contribution in [0.2, 0.25) is 0 Å². The van der Waals surface area contributed by atoms with Crippen molar-refractivity contribution in [1.82, 2.24) is 0 Å². The quantitative estimate of drug-likeness (QED) is 0.739. The predicted molar refractivity (Wildman–Crippen MR) is 81.0 cm³/mol. The summed E-state index contributed by atoms with van der Waals surface area (Å²) in [7, 11) is 0. The van der Waals surface area contributed by atoms with Crippen LogP contribution in [-0.2, 0) is 0 Å². The Morgan fingerprint density at radius 1 is 1.47 bits per heavy atom. The first-order valence-corrected chi connectivity index (χ1v) is 7.81. The molecule has 0 spiro atoms. The van der Waals surface area contributed by atoms with Crippen molar-refractivity contribution >= 4 is 29.1 Å². The van der Waals surface area contributed by atoms with E-state index in [1.165, 1.54) is 12.8 Å². The summed E-state index contributed by atoms with van der Waals surface area (Å²) in [5.74, 6) is -0.938. The average molecular weight is 280 g/mol. The number of benzene rings is 1. The first-order chi connectivity index (χ1) is 9.11. The van der Waals surface area contributed by atoms with Crippen LogP contribution in [0.4, 0.5) is 11.4 Å². The molecule has 1 saturated carbocycles. The summed E-state index contributed by atoms with van der Waals surface area (Å²) in [6.07, 6.45) is 6.69. The minimum atomic E-state index is -0.938. The number of carboxylic acid groups (broad SMARTS) is 1. The molecule has 0 amide bonds. The fraction of sp³-hybridized carbons (Fsp3) is 0.500. The first kappa shape index (κ1) is 14.1. The molecule has 0 aromatic heterocycles. The number of anilines is 2. The van der Waals surface area contributed by atoms with Crippen LogP contribution in [0.25, 0.3) is 0 Å². The van der Waals surface area contributed by atoms with E-state index in [-0.39, 0.29) is 5.56 Å². The lowest BCUT2D eigenvalue weighted by atomic mass is 9.94. The molecule has 1 fully saturated rings. The Morgan fingerprint density at radius 3 is 2.95 bits per heavy atom. The molecule has 0 aliphatic heterocycles. The van der Waals surface area contributed by atoms with E-state index in [0.717, 1.165) is 12.8 Å². The zero-order valence-corrected chi connectivity index (χ0v) is 11.9.